The predicted octanol–water partition coefficient (Wildman–Crippen LogP) is 4.57. The summed E-state index contributed by atoms with van der Waals surface area (Å²) in [5.74, 6) is -0.444. The number of carboxylic acid groups (broad SMARTS) is 1. The Labute approximate surface area is 193 Å². The molecule has 0 saturated heterocycles. The molecule has 0 aromatic heterocycles. The molecule has 1 N–H and O–H groups in total. The van der Waals surface area contributed by atoms with E-state index in [9.17, 15) is 14.7 Å². The number of ether oxygens (including phenoxy) is 3. The normalized spacial score (nSPS) is 11.4. The topological polar surface area (TPSA) is 85.3 Å². The van der Waals surface area contributed by atoms with Gasteiger partial charge in [-0.3, -0.25) is 4.79 Å². The molecule has 0 aliphatic heterocycles. The zero-order chi connectivity index (χ0) is 23.8. The third-order valence-electron chi connectivity index (χ3n) is 5.35. The Morgan fingerprint density at radius 1 is 0.909 bits per heavy atom. The number of hydrogen-bond acceptors (Lipinski definition) is 5. The Bertz CT molecular complexity index is 1080. The summed E-state index contributed by atoms with van der Waals surface area (Å²) >= 11 is 0. The maximum Gasteiger partial charge on any atom is 0.339 e. The molecule has 0 fully saturated rings. The SMILES string of the molecule is COc1ccc(CN(C(=O)COc2c(OC)cccc2C(=O)O)[C@H](C)c2ccccc2)cc1. The van der Waals surface area contributed by atoms with Crippen LogP contribution in [0.5, 0.6) is 17.2 Å². The first-order valence-electron chi connectivity index (χ1n) is 10.4. The van der Waals surface area contributed by atoms with Crippen LogP contribution in [-0.4, -0.2) is 42.7 Å². The number of carbonyl (C=O) groups is 2. The first-order chi connectivity index (χ1) is 15.9. The van der Waals surface area contributed by atoms with E-state index in [2.05, 4.69) is 0 Å². The highest BCUT2D eigenvalue weighted by molar-refractivity contribution is 5.92. The van der Waals surface area contributed by atoms with Crippen LogP contribution in [0.4, 0.5) is 0 Å². The maximum atomic E-state index is 13.3. The van der Waals surface area contributed by atoms with Gasteiger partial charge in [0.05, 0.1) is 20.3 Å². The molecule has 0 aliphatic carbocycles. The van der Waals surface area contributed by atoms with Crippen molar-refractivity contribution in [2.75, 3.05) is 20.8 Å². The number of benzene rings is 3. The van der Waals surface area contributed by atoms with Gasteiger partial charge in [0.15, 0.2) is 18.1 Å². The van der Waals surface area contributed by atoms with Gasteiger partial charge in [0.25, 0.3) is 5.91 Å². The molecule has 1 atom stereocenters. The minimum absolute atomic E-state index is 0.0256. The van der Waals surface area contributed by atoms with E-state index in [0.29, 0.717) is 6.54 Å². The fourth-order valence-corrected chi connectivity index (χ4v) is 3.49. The van der Waals surface area contributed by atoms with Crippen LogP contribution < -0.4 is 14.2 Å². The van der Waals surface area contributed by atoms with Gasteiger partial charge in [0.2, 0.25) is 0 Å². The van der Waals surface area contributed by atoms with Crippen LogP contribution in [0.3, 0.4) is 0 Å². The third kappa shape index (κ3) is 5.83. The fraction of sp³-hybridized carbons (Fsp3) is 0.231. The lowest BCUT2D eigenvalue weighted by Gasteiger charge is -2.30. The van der Waals surface area contributed by atoms with Gasteiger partial charge in [-0.1, -0.05) is 48.5 Å². The van der Waals surface area contributed by atoms with Gasteiger partial charge < -0.3 is 24.2 Å². The quantitative estimate of drug-likeness (QED) is 0.488. The summed E-state index contributed by atoms with van der Waals surface area (Å²) in [4.78, 5) is 26.6. The smallest absolute Gasteiger partial charge is 0.339 e. The highest BCUT2D eigenvalue weighted by Gasteiger charge is 2.24. The number of aromatic carboxylic acids is 1. The number of methoxy groups -OCH3 is 2. The van der Waals surface area contributed by atoms with E-state index in [1.54, 1.807) is 24.1 Å². The van der Waals surface area contributed by atoms with Crippen molar-refractivity contribution in [1.29, 1.82) is 0 Å². The molecule has 3 rings (SSSR count). The summed E-state index contributed by atoms with van der Waals surface area (Å²) in [7, 11) is 3.02. The number of rotatable bonds is 10. The number of nitrogens with zero attached hydrogens (tertiary/aromatic N) is 1. The van der Waals surface area contributed by atoms with Crippen LogP contribution in [0.2, 0.25) is 0 Å². The van der Waals surface area contributed by atoms with Crippen LogP contribution in [0.25, 0.3) is 0 Å². The number of amides is 1. The Hall–Kier alpha value is -4.00. The van der Waals surface area contributed by atoms with Crippen LogP contribution in [0, 0.1) is 0 Å². The fourth-order valence-electron chi connectivity index (χ4n) is 3.49. The first kappa shape index (κ1) is 23.7. The van der Waals surface area contributed by atoms with Gasteiger partial charge >= 0.3 is 5.97 Å². The van der Waals surface area contributed by atoms with E-state index in [-0.39, 0.29) is 35.6 Å². The van der Waals surface area contributed by atoms with Crippen molar-refractivity contribution in [3.63, 3.8) is 0 Å². The molecule has 0 saturated carbocycles. The van der Waals surface area contributed by atoms with Crippen molar-refractivity contribution in [2.24, 2.45) is 0 Å². The molecule has 3 aromatic carbocycles. The Kier molecular flexibility index (Phi) is 7.91. The van der Waals surface area contributed by atoms with Crippen LogP contribution in [-0.2, 0) is 11.3 Å². The van der Waals surface area contributed by atoms with Crippen molar-refractivity contribution in [1.82, 2.24) is 4.90 Å². The second kappa shape index (κ2) is 11.0. The van der Waals surface area contributed by atoms with Crippen molar-refractivity contribution in [3.8, 4) is 17.2 Å². The lowest BCUT2D eigenvalue weighted by molar-refractivity contribution is -0.136. The highest BCUT2D eigenvalue weighted by Crippen LogP contribution is 2.31. The molecule has 7 heteroatoms. The van der Waals surface area contributed by atoms with Crippen LogP contribution in [0.1, 0.15) is 34.5 Å². The summed E-state index contributed by atoms with van der Waals surface area (Å²) < 4.78 is 16.2. The zero-order valence-electron chi connectivity index (χ0n) is 18.9. The third-order valence-corrected chi connectivity index (χ3v) is 5.35. The second-order valence-electron chi connectivity index (χ2n) is 7.39. The summed E-state index contributed by atoms with van der Waals surface area (Å²) in [5.41, 5.74) is 1.83. The first-order valence-corrected chi connectivity index (χ1v) is 10.4. The monoisotopic (exact) mass is 449 g/mol. The van der Waals surface area contributed by atoms with Crippen molar-refractivity contribution in [2.45, 2.75) is 19.5 Å². The standard InChI is InChI=1S/C26H27NO6/c1-18(20-8-5-4-6-9-20)27(16-19-12-14-21(31-2)15-13-19)24(28)17-33-25-22(26(29)30)10-7-11-23(25)32-3/h4-15,18H,16-17H2,1-3H3,(H,29,30)/t18-/m1/s1. The summed E-state index contributed by atoms with van der Waals surface area (Å²) in [6.45, 7) is 1.95. The lowest BCUT2D eigenvalue weighted by atomic mass is 10.1. The van der Waals surface area contributed by atoms with Gasteiger partial charge in [0.1, 0.15) is 11.3 Å². The molecule has 0 heterocycles. The molecule has 0 radical (unpaired) electrons. The Morgan fingerprint density at radius 3 is 2.21 bits per heavy atom. The molecule has 33 heavy (non-hydrogen) atoms. The van der Waals surface area contributed by atoms with Gasteiger partial charge in [-0.25, -0.2) is 4.79 Å². The summed E-state index contributed by atoms with van der Waals surface area (Å²) in [6, 6.07) is 21.5. The van der Waals surface area contributed by atoms with E-state index in [4.69, 9.17) is 14.2 Å². The largest absolute Gasteiger partial charge is 0.497 e. The minimum Gasteiger partial charge on any atom is -0.497 e. The molecule has 0 spiro atoms. The number of carbonyl (C=O) groups excluding carboxylic acids is 1. The average molecular weight is 450 g/mol. The minimum atomic E-state index is -1.16. The van der Waals surface area contributed by atoms with Crippen molar-refractivity contribution >= 4 is 11.9 Å². The van der Waals surface area contributed by atoms with E-state index in [0.717, 1.165) is 16.9 Å². The van der Waals surface area contributed by atoms with Crippen molar-refractivity contribution < 1.29 is 28.9 Å². The molecular weight excluding hydrogens is 422 g/mol. The molecular formula is C26H27NO6. The van der Waals surface area contributed by atoms with Gasteiger partial charge in [-0.2, -0.15) is 0 Å². The predicted molar refractivity (Wildman–Crippen MR) is 124 cm³/mol. The van der Waals surface area contributed by atoms with Crippen LogP contribution >= 0.6 is 0 Å². The second-order valence-corrected chi connectivity index (χ2v) is 7.39. The molecule has 0 aliphatic rings. The maximum absolute atomic E-state index is 13.3. The Balaban J connectivity index is 1.85. The number of carboxylic acids is 1. The van der Waals surface area contributed by atoms with E-state index in [1.807, 2.05) is 61.5 Å². The Morgan fingerprint density at radius 2 is 1.61 bits per heavy atom. The van der Waals surface area contributed by atoms with Gasteiger partial charge in [-0.05, 0) is 42.3 Å². The van der Waals surface area contributed by atoms with Crippen LogP contribution in [0.15, 0.2) is 72.8 Å². The highest BCUT2D eigenvalue weighted by atomic mass is 16.5. The molecule has 0 unspecified atom stereocenters. The molecule has 7 nitrogen and oxygen atoms in total. The van der Waals surface area contributed by atoms with E-state index < -0.39 is 5.97 Å². The van der Waals surface area contributed by atoms with E-state index >= 15 is 0 Å². The average Bonchev–Trinajstić information content (AvgIpc) is 2.85. The van der Waals surface area contributed by atoms with Gasteiger partial charge in [0, 0.05) is 6.54 Å². The zero-order valence-corrected chi connectivity index (χ0v) is 18.9. The molecule has 3 aromatic rings. The van der Waals surface area contributed by atoms with Gasteiger partial charge in [-0.15, -0.1) is 0 Å². The summed E-state index contributed by atoms with van der Waals surface area (Å²) in [5, 5.41) is 9.49. The lowest BCUT2D eigenvalue weighted by Crippen LogP contribution is -2.36. The number of hydrogen-bond donors (Lipinski definition) is 1. The molecule has 0 bridgehead atoms. The molecule has 1 amide bonds. The van der Waals surface area contributed by atoms with E-state index in [1.165, 1.54) is 13.2 Å². The summed E-state index contributed by atoms with van der Waals surface area (Å²) in [6.07, 6.45) is 0. The van der Waals surface area contributed by atoms with Crippen molar-refractivity contribution in [3.05, 3.63) is 89.5 Å². The number of para-hydroxylation sites is 1. The molecule has 172 valence electrons.